The summed E-state index contributed by atoms with van der Waals surface area (Å²) >= 11 is 0. The zero-order valence-electron chi connectivity index (χ0n) is 16.7. The van der Waals surface area contributed by atoms with Crippen LogP contribution in [0.4, 0.5) is 5.69 Å². The highest BCUT2D eigenvalue weighted by atomic mass is 32.2. The summed E-state index contributed by atoms with van der Waals surface area (Å²) in [4.78, 5) is 25.1. The van der Waals surface area contributed by atoms with Crippen LogP contribution < -0.4 is 15.7 Å². The molecule has 4 rings (SSSR count). The SMILES string of the molecule is COc1cccc2cc(C(=O)Nc3ccc(S(=O)(=O)N4CCOCC4)cc3)c(=O)oc12. The number of nitrogens with one attached hydrogen (secondary N) is 1. The third-order valence-electron chi connectivity index (χ3n) is 4.91. The fourth-order valence-corrected chi connectivity index (χ4v) is 4.69. The van der Waals surface area contributed by atoms with Gasteiger partial charge in [-0.1, -0.05) is 12.1 Å². The summed E-state index contributed by atoms with van der Waals surface area (Å²) in [5.74, 6) is -0.277. The third-order valence-corrected chi connectivity index (χ3v) is 6.82. The number of benzene rings is 2. The normalized spacial score (nSPS) is 15.0. The number of para-hydroxylation sites is 1. The number of hydrogen-bond donors (Lipinski definition) is 1. The van der Waals surface area contributed by atoms with Crippen LogP contribution in [0.25, 0.3) is 11.0 Å². The van der Waals surface area contributed by atoms with E-state index in [1.807, 2.05) is 0 Å². The number of morpholine rings is 1. The lowest BCUT2D eigenvalue weighted by Gasteiger charge is -2.26. The van der Waals surface area contributed by atoms with Gasteiger partial charge in [-0.25, -0.2) is 13.2 Å². The first-order valence-corrected chi connectivity index (χ1v) is 10.9. The smallest absolute Gasteiger partial charge is 0.349 e. The lowest BCUT2D eigenvalue weighted by atomic mass is 10.1. The number of ether oxygens (including phenoxy) is 2. The van der Waals surface area contributed by atoms with Gasteiger partial charge in [-0.3, -0.25) is 4.79 Å². The Bertz CT molecular complexity index is 1280. The molecule has 0 saturated carbocycles. The first-order valence-electron chi connectivity index (χ1n) is 9.50. The molecule has 1 amide bonds. The topological polar surface area (TPSA) is 115 Å². The van der Waals surface area contributed by atoms with Gasteiger partial charge in [-0.05, 0) is 36.4 Å². The molecule has 1 N–H and O–H groups in total. The second-order valence-electron chi connectivity index (χ2n) is 6.82. The lowest BCUT2D eigenvalue weighted by molar-refractivity contribution is 0.0730. The van der Waals surface area contributed by atoms with E-state index in [-0.39, 0.29) is 16.0 Å². The first kappa shape index (κ1) is 21.0. The maximum Gasteiger partial charge on any atom is 0.349 e. The molecule has 2 aromatic carbocycles. The molecule has 0 bridgehead atoms. The minimum Gasteiger partial charge on any atom is -0.493 e. The highest BCUT2D eigenvalue weighted by molar-refractivity contribution is 7.89. The second-order valence-corrected chi connectivity index (χ2v) is 8.76. The maximum absolute atomic E-state index is 12.7. The van der Waals surface area contributed by atoms with E-state index in [1.54, 1.807) is 18.2 Å². The van der Waals surface area contributed by atoms with E-state index in [9.17, 15) is 18.0 Å². The highest BCUT2D eigenvalue weighted by Gasteiger charge is 2.26. The Kier molecular flexibility index (Phi) is 5.77. The molecule has 1 saturated heterocycles. The Labute approximate surface area is 178 Å². The maximum atomic E-state index is 12.7. The van der Waals surface area contributed by atoms with Crippen molar-refractivity contribution in [1.82, 2.24) is 4.31 Å². The Hall–Kier alpha value is -3.21. The van der Waals surface area contributed by atoms with Gasteiger partial charge in [0.05, 0.1) is 25.2 Å². The first-order chi connectivity index (χ1) is 14.9. The predicted octanol–water partition coefficient (Wildman–Crippen LogP) is 2.07. The van der Waals surface area contributed by atoms with E-state index in [0.717, 1.165) is 0 Å². The van der Waals surface area contributed by atoms with Crippen molar-refractivity contribution in [3.63, 3.8) is 0 Å². The molecule has 0 aliphatic carbocycles. The summed E-state index contributed by atoms with van der Waals surface area (Å²) in [5.41, 5.74) is -0.382. The van der Waals surface area contributed by atoms with Gasteiger partial charge in [-0.15, -0.1) is 0 Å². The third kappa shape index (κ3) is 4.18. The van der Waals surface area contributed by atoms with E-state index in [1.165, 1.54) is 41.7 Å². The van der Waals surface area contributed by atoms with Gasteiger partial charge in [0.2, 0.25) is 10.0 Å². The van der Waals surface area contributed by atoms with Crippen LogP contribution in [0.2, 0.25) is 0 Å². The summed E-state index contributed by atoms with van der Waals surface area (Å²) in [6, 6.07) is 12.3. The van der Waals surface area contributed by atoms with Crippen LogP contribution in [0.1, 0.15) is 10.4 Å². The molecule has 3 aromatic rings. The summed E-state index contributed by atoms with van der Waals surface area (Å²) in [5, 5.41) is 3.13. The van der Waals surface area contributed by atoms with Crippen LogP contribution >= 0.6 is 0 Å². The number of carbonyl (C=O) groups is 1. The summed E-state index contributed by atoms with van der Waals surface area (Å²) < 4.78 is 42.4. The monoisotopic (exact) mass is 444 g/mol. The van der Waals surface area contributed by atoms with Gasteiger partial charge in [0.1, 0.15) is 5.56 Å². The summed E-state index contributed by atoms with van der Waals surface area (Å²) in [7, 11) is -2.18. The molecule has 9 nitrogen and oxygen atoms in total. The number of nitrogens with zero attached hydrogens (tertiary/aromatic N) is 1. The fourth-order valence-electron chi connectivity index (χ4n) is 3.28. The molecule has 162 valence electrons. The zero-order chi connectivity index (χ0) is 22.0. The van der Waals surface area contributed by atoms with Gasteiger partial charge >= 0.3 is 5.63 Å². The molecular weight excluding hydrogens is 424 g/mol. The average molecular weight is 444 g/mol. The van der Waals surface area contributed by atoms with Crippen molar-refractivity contribution in [1.29, 1.82) is 0 Å². The molecule has 0 unspecified atom stereocenters. The number of hydrogen-bond acceptors (Lipinski definition) is 7. The van der Waals surface area contributed by atoms with E-state index in [0.29, 0.717) is 43.1 Å². The fraction of sp³-hybridized carbons (Fsp3) is 0.238. The van der Waals surface area contributed by atoms with Crippen LogP contribution in [0.5, 0.6) is 5.75 Å². The van der Waals surface area contributed by atoms with Crippen molar-refractivity contribution in [3.05, 3.63) is 64.5 Å². The summed E-state index contributed by atoms with van der Waals surface area (Å²) in [6.07, 6.45) is 0. The zero-order valence-corrected chi connectivity index (χ0v) is 17.5. The van der Waals surface area contributed by atoms with Crippen LogP contribution in [-0.4, -0.2) is 52.0 Å². The number of fused-ring (bicyclic) bond motifs is 1. The minimum absolute atomic E-state index is 0.115. The molecule has 1 aliphatic heterocycles. The lowest BCUT2D eigenvalue weighted by Crippen LogP contribution is -2.40. The molecule has 31 heavy (non-hydrogen) atoms. The van der Waals surface area contributed by atoms with Gasteiger partial charge in [0, 0.05) is 24.2 Å². The second kappa shape index (κ2) is 8.50. The van der Waals surface area contributed by atoms with Crippen molar-refractivity contribution < 1.29 is 27.1 Å². The van der Waals surface area contributed by atoms with Crippen molar-refractivity contribution >= 4 is 32.6 Å². The largest absolute Gasteiger partial charge is 0.493 e. The van der Waals surface area contributed by atoms with Crippen molar-refractivity contribution in [2.75, 3.05) is 38.7 Å². The van der Waals surface area contributed by atoms with Crippen LogP contribution in [0, 0.1) is 0 Å². The van der Waals surface area contributed by atoms with E-state index in [4.69, 9.17) is 13.9 Å². The number of carbonyl (C=O) groups excluding carboxylic acids is 1. The Morgan fingerprint density at radius 2 is 1.81 bits per heavy atom. The number of amides is 1. The number of methoxy groups -OCH3 is 1. The molecule has 0 atom stereocenters. The van der Waals surface area contributed by atoms with Crippen LogP contribution in [0.15, 0.2) is 62.6 Å². The molecular formula is C21H20N2O7S. The van der Waals surface area contributed by atoms with Gasteiger partial charge in [0.15, 0.2) is 11.3 Å². The molecule has 0 spiro atoms. The quantitative estimate of drug-likeness (QED) is 0.599. The Morgan fingerprint density at radius 3 is 2.48 bits per heavy atom. The Morgan fingerprint density at radius 1 is 1.10 bits per heavy atom. The minimum atomic E-state index is -3.63. The van der Waals surface area contributed by atoms with E-state index in [2.05, 4.69) is 5.32 Å². The molecule has 1 aliphatic rings. The van der Waals surface area contributed by atoms with Crippen molar-refractivity contribution in [2.24, 2.45) is 0 Å². The van der Waals surface area contributed by atoms with Crippen LogP contribution in [-0.2, 0) is 14.8 Å². The standard InChI is InChI=1S/C21H20N2O7S/c1-28-18-4-2-3-14-13-17(21(25)30-19(14)18)20(24)22-15-5-7-16(8-6-15)31(26,27)23-9-11-29-12-10-23/h2-8,13H,9-12H2,1H3,(H,22,24). The molecule has 1 fully saturated rings. The van der Waals surface area contributed by atoms with Crippen LogP contribution in [0.3, 0.4) is 0 Å². The Balaban J connectivity index is 1.55. The van der Waals surface area contributed by atoms with Gasteiger partial charge in [-0.2, -0.15) is 4.31 Å². The molecule has 2 heterocycles. The highest BCUT2D eigenvalue weighted by Crippen LogP contribution is 2.25. The average Bonchev–Trinajstić information content (AvgIpc) is 2.79. The van der Waals surface area contributed by atoms with Gasteiger partial charge in [0.25, 0.3) is 5.91 Å². The van der Waals surface area contributed by atoms with Crippen molar-refractivity contribution in [2.45, 2.75) is 4.90 Å². The number of anilines is 1. The predicted molar refractivity (Wildman–Crippen MR) is 113 cm³/mol. The van der Waals surface area contributed by atoms with Gasteiger partial charge < -0.3 is 19.2 Å². The number of sulfonamides is 1. The molecule has 1 aromatic heterocycles. The van der Waals surface area contributed by atoms with E-state index < -0.39 is 21.6 Å². The number of rotatable bonds is 5. The molecule has 10 heteroatoms. The molecule has 0 radical (unpaired) electrons. The van der Waals surface area contributed by atoms with E-state index >= 15 is 0 Å². The summed E-state index contributed by atoms with van der Waals surface area (Å²) in [6.45, 7) is 1.30. The van der Waals surface area contributed by atoms with Crippen molar-refractivity contribution in [3.8, 4) is 5.75 Å².